The van der Waals surface area contributed by atoms with Gasteiger partial charge in [-0.1, -0.05) is 52.6 Å². The minimum atomic E-state index is -0.102. The van der Waals surface area contributed by atoms with Crippen molar-refractivity contribution in [2.75, 3.05) is 0 Å². The Labute approximate surface area is 120 Å². The lowest BCUT2D eigenvalue weighted by molar-refractivity contribution is 0.380. The molecule has 0 heterocycles. The summed E-state index contributed by atoms with van der Waals surface area (Å²) in [6.45, 7) is 6.64. The van der Waals surface area contributed by atoms with E-state index in [0.717, 1.165) is 29.3 Å². The Morgan fingerprint density at radius 2 is 1.94 bits per heavy atom. The molecule has 0 fully saturated rings. The van der Waals surface area contributed by atoms with Crippen LogP contribution in [0.2, 0.25) is 0 Å². The molecule has 0 spiro atoms. The van der Waals surface area contributed by atoms with E-state index in [1.54, 1.807) is 6.07 Å². The van der Waals surface area contributed by atoms with Gasteiger partial charge >= 0.3 is 0 Å². The second kappa shape index (κ2) is 6.33. The van der Waals surface area contributed by atoms with Gasteiger partial charge in [-0.15, -0.1) is 0 Å². The molecule has 0 aliphatic rings. The average Bonchev–Trinajstić information content (AvgIpc) is 2.21. The molecule has 0 aliphatic carbocycles. The van der Waals surface area contributed by atoms with E-state index >= 15 is 0 Å². The van der Waals surface area contributed by atoms with E-state index in [9.17, 15) is 4.39 Å². The van der Waals surface area contributed by atoms with E-state index in [0.29, 0.717) is 4.83 Å². The monoisotopic (exact) mass is 364 g/mol. The molecule has 96 valence electrons. The van der Waals surface area contributed by atoms with Gasteiger partial charge in [-0.2, -0.15) is 0 Å². The van der Waals surface area contributed by atoms with Gasteiger partial charge in [-0.3, -0.25) is 0 Å². The van der Waals surface area contributed by atoms with E-state index in [1.807, 2.05) is 6.07 Å². The van der Waals surface area contributed by atoms with Gasteiger partial charge in [0.15, 0.2) is 0 Å². The Balaban J connectivity index is 2.49. The highest BCUT2D eigenvalue weighted by Gasteiger charge is 2.21. The third-order valence-corrected chi connectivity index (χ3v) is 5.18. The topological polar surface area (TPSA) is 0 Å². The second-order valence-electron chi connectivity index (χ2n) is 5.46. The molecule has 1 unspecified atom stereocenters. The molecule has 17 heavy (non-hydrogen) atoms. The summed E-state index contributed by atoms with van der Waals surface area (Å²) in [5.41, 5.74) is 1.06. The van der Waals surface area contributed by atoms with Gasteiger partial charge in [0, 0.05) is 9.30 Å². The quantitative estimate of drug-likeness (QED) is 0.598. The number of aryl methyl sites for hydroxylation is 1. The molecule has 0 amide bonds. The van der Waals surface area contributed by atoms with Crippen molar-refractivity contribution in [3.63, 3.8) is 0 Å². The number of hydrogen-bond donors (Lipinski definition) is 0. The molecule has 0 nitrogen and oxygen atoms in total. The Kier molecular flexibility index (Phi) is 5.65. The number of alkyl halides is 1. The Bertz CT molecular complexity index is 369. The van der Waals surface area contributed by atoms with Crippen LogP contribution in [0.5, 0.6) is 0 Å². The van der Waals surface area contributed by atoms with Gasteiger partial charge in [-0.05, 0) is 48.4 Å². The predicted molar refractivity (Wildman–Crippen MR) is 79.2 cm³/mol. The summed E-state index contributed by atoms with van der Waals surface area (Å²) in [5.74, 6) is -0.102. The van der Waals surface area contributed by atoms with Gasteiger partial charge in [0.1, 0.15) is 5.82 Å². The zero-order valence-corrected chi connectivity index (χ0v) is 13.7. The fourth-order valence-corrected chi connectivity index (χ4v) is 2.37. The lowest BCUT2D eigenvalue weighted by Gasteiger charge is -2.25. The van der Waals surface area contributed by atoms with E-state index in [-0.39, 0.29) is 11.2 Å². The molecule has 0 aromatic heterocycles. The molecule has 0 saturated heterocycles. The van der Waals surface area contributed by atoms with Gasteiger partial charge in [0.25, 0.3) is 0 Å². The van der Waals surface area contributed by atoms with Crippen LogP contribution < -0.4 is 0 Å². The maximum atomic E-state index is 13.5. The van der Waals surface area contributed by atoms with Crippen molar-refractivity contribution in [3.05, 3.63) is 34.1 Å². The van der Waals surface area contributed by atoms with E-state index in [2.05, 4.69) is 52.6 Å². The van der Waals surface area contributed by atoms with Crippen molar-refractivity contribution in [1.82, 2.24) is 0 Å². The molecule has 3 heteroatoms. The van der Waals surface area contributed by atoms with Crippen LogP contribution in [0.1, 0.15) is 39.2 Å². The highest BCUT2D eigenvalue weighted by Crippen LogP contribution is 2.30. The maximum absolute atomic E-state index is 13.5. The second-order valence-corrected chi connectivity index (χ2v) is 7.48. The van der Waals surface area contributed by atoms with Crippen molar-refractivity contribution < 1.29 is 4.39 Å². The van der Waals surface area contributed by atoms with Crippen LogP contribution in [0.25, 0.3) is 0 Å². The van der Waals surface area contributed by atoms with Crippen molar-refractivity contribution in [2.24, 2.45) is 5.41 Å². The number of halogens is 3. The lowest BCUT2D eigenvalue weighted by atomic mass is 9.89. The van der Waals surface area contributed by atoms with Crippen molar-refractivity contribution in [1.29, 1.82) is 0 Å². The highest BCUT2D eigenvalue weighted by atomic mass is 79.9. The number of rotatable bonds is 4. The fourth-order valence-electron chi connectivity index (χ4n) is 1.64. The van der Waals surface area contributed by atoms with Crippen LogP contribution in [0.4, 0.5) is 4.39 Å². The van der Waals surface area contributed by atoms with Gasteiger partial charge < -0.3 is 0 Å². The Morgan fingerprint density at radius 3 is 2.53 bits per heavy atom. The van der Waals surface area contributed by atoms with Gasteiger partial charge in [-0.25, -0.2) is 4.39 Å². The molecule has 1 rings (SSSR count). The predicted octanol–water partition coefficient (Wildman–Crippen LogP) is 5.72. The molecular formula is C14H19Br2F. The normalized spacial score (nSPS) is 13.8. The molecule has 0 N–H and O–H groups in total. The third-order valence-electron chi connectivity index (χ3n) is 2.85. The largest absolute Gasteiger partial charge is 0.207 e. The van der Waals surface area contributed by atoms with Crippen molar-refractivity contribution in [2.45, 2.75) is 44.9 Å². The zero-order valence-electron chi connectivity index (χ0n) is 10.6. The number of hydrogen-bond acceptors (Lipinski definition) is 0. The molecule has 1 aromatic carbocycles. The van der Waals surface area contributed by atoms with Crippen LogP contribution in [-0.2, 0) is 6.42 Å². The van der Waals surface area contributed by atoms with Crippen molar-refractivity contribution in [3.8, 4) is 0 Å². The fraction of sp³-hybridized carbons (Fsp3) is 0.571. The number of benzene rings is 1. The summed E-state index contributed by atoms with van der Waals surface area (Å²) < 4.78 is 14.4. The van der Waals surface area contributed by atoms with Crippen LogP contribution in [0.3, 0.4) is 0 Å². The molecule has 1 atom stereocenters. The summed E-state index contributed by atoms with van der Waals surface area (Å²) in [4.78, 5) is 0.477. The standard InChI is InChI=1S/C14H19Br2F/c1-14(2,3)13(16)6-4-5-10-9-11(15)7-8-12(10)17/h7-9,13H,4-6H2,1-3H3. The van der Waals surface area contributed by atoms with Crippen LogP contribution in [-0.4, -0.2) is 4.83 Å². The first-order valence-corrected chi connectivity index (χ1v) is 7.59. The van der Waals surface area contributed by atoms with Crippen LogP contribution in [0.15, 0.2) is 22.7 Å². The Morgan fingerprint density at radius 1 is 1.29 bits per heavy atom. The third kappa shape index (κ3) is 5.09. The smallest absolute Gasteiger partial charge is 0.126 e. The maximum Gasteiger partial charge on any atom is 0.126 e. The van der Waals surface area contributed by atoms with Crippen LogP contribution >= 0.6 is 31.9 Å². The SMILES string of the molecule is CC(C)(C)C(Br)CCCc1cc(Br)ccc1F. The first-order valence-electron chi connectivity index (χ1n) is 5.88. The molecule has 0 radical (unpaired) electrons. The molecule has 1 aromatic rings. The first kappa shape index (κ1) is 15.2. The minimum absolute atomic E-state index is 0.102. The van der Waals surface area contributed by atoms with E-state index in [4.69, 9.17) is 0 Å². The van der Waals surface area contributed by atoms with Crippen molar-refractivity contribution >= 4 is 31.9 Å². The van der Waals surface area contributed by atoms with E-state index < -0.39 is 0 Å². The first-order chi connectivity index (χ1) is 7.80. The molecule has 0 aliphatic heterocycles. The van der Waals surface area contributed by atoms with Gasteiger partial charge in [0.05, 0.1) is 0 Å². The van der Waals surface area contributed by atoms with Crippen LogP contribution in [0, 0.1) is 11.2 Å². The molecule has 0 bridgehead atoms. The average molecular weight is 366 g/mol. The zero-order chi connectivity index (χ0) is 13.1. The molecule has 0 saturated carbocycles. The summed E-state index contributed by atoms with van der Waals surface area (Å²) >= 11 is 7.07. The molecular weight excluding hydrogens is 347 g/mol. The summed E-state index contributed by atoms with van der Waals surface area (Å²) in [6, 6.07) is 5.13. The Hall–Kier alpha value is 0.110. The van der Waals surface area contributed by atoms with Gasteiger partial charge in [0.2, 0.25) is 0 Å². The summed E-state index contributed by atoms with van der Waals surface area (Å²) in [6.07, 6.45) is 2.86. The van der Waals surface area contributed by atoms with E-state index in [1.165, 1.54) is 6.07 Å². The summed E-state index contributed by atoms with van der Waals surface area (Å²) in [7, 11) is 0. The lowest BCUT2D eigenvalue weighted by Crippen LogP contribution is -2.20. The summed E-state index contributed by atoms with van der Waals surface area (Å²) in [5, 5.41) is 0. The minimum Gasteiger partial charge on any atom is -0.207 e. The highest BCUT2D eigenvalue weighted by molar-refractivity contribution is 9.10.